The van der Waals surface area contributed by atoms with Crippen molar-refractivity contribution in [2.24, 2.45) is 0 Å². The van der Waals surface area contributed by atoms with Crippen molar-refractivity contribution >= 4 is 11.9 Å². The summed E-state index contributed by atoms with van der Waals surface area (Å²) in [6, 6.07) is 12.4. The van der Waals surface area contributed by atoms with Crippen molar-refractivity contribution in [3.63, 3.8) is 0 Å². The van der Waals surface area contributed by atoms with Crippen molar-refractivity contribution in [2.45, 2.75) is 13.8 Å². The SMILES string of the molecule is CCNC(=O)c1cc(C(=O)O)cc(-c2ccccc2C)c1. The summed E-state index contributed by atoms with van der Waals surface area (Å²) in [7, 11) is 0. The molecule has 0 aliphatic heterocycles. The lowest BCUT2D eigenvalue weighted by Crippen LogP contribution is -2.23. The van der Waals surface area contributed by atoms with E-state index in [1.54, 1.807) is 12.1 Å². The molecule has 0 aliphatic carbocycles. The van der Waals surface area contributed by atoms with Crippen molar-refractivity contribution in [3.05, 3.63) is 59.2 Å². The number of amides is 1. The van der Waals surface area contributed by atoms with Crippen molar-refractivity contribution in [1.29, 1.82) is 0 Å². The van der Waals surface area contributed by atoms with Gasteiger partial charge in [-0.2, -0.15) is 0 Å². The number of carboxylic acids is 1. The predicted molar refractivity (Wildman–Crippen MR) is 81.6 cm³/mol. The Hall–Kier alpha value is -2.62. The Kier molecular flexibility index (Phi) is 4.38. The second-order valence-corrected chi connectivity index (χ2v) is 4.78. The van der Waals surface area contributed by atoms with E-state index in [9.17, 15) is 14.7 Å². The van der Waals surface area contributed by atoms with E-state index in [2.05, 4.69) is 5.32 Å². The Morgan fingerprint density at radius 2 is 1.76 bits per heavy atom. The molecule has 0 radical (unpaired) electrons. The maximum Gasteiger partial charge on any atom is 0.335 e. The summed E-state index contributed by atoms with van der Waals surface area (Å²) in [5, 5.41) is 11.9. The number of carbonyl (C=O) groups is 2. The van der Waals surface area contributed by atoms with E-state index in [1.807, 2.05) is 38.1 Å². The highest BCUT2D eigenvalue weighted by atomic mass is 16.4. The summed E-state index contributed by atoms with van der Waals surface area (Å²) in [6.45, 7) is 4.27. The number of aromatic carboxylic acids is 1. The van der Waals surface area contributed by atoms with Crippen molar-refractivity contribution < 1.29 is 14.7 Å². The van der Waals surface area contributed by atoms with Gasteiger partial charge in [0, 0.05) is 12.1 Å². The van der Waals surface area contributed by atoms with Crippen LogP contribution in [0.1, 0.15) is 33.2 Å². The number of nitrogens with one attached hydrogen (secondary N) is 1. The zero-order valence-corrected chi connectivity index (χ0v) is 12.0. The summed E-state index contributed by atoms with van der Waals surface area (Å²) in [4.78, 5) is 23.3. The molecule has 0 aromatic heterocycles. The fourth-order valence-electron chi connectivity index (χ4n) is 2.20. The molecule has 0 atom stereocenters. The second kappa shape index (κ2) is 6.22. The van der Waals surface area contributed by atoms with Gasteiger partial charge in [0.1, 0.15) is 0 Å². The molecule has 0 aliphatic rings. The third-order valence-electron chi connectivity index (χ3n) is 3.24. The lowest BCUT2D eigenvalue weighted by Gasteiger charge is -2.10. The van der Waals surface area contributed by atoms with E-state index >= 15 is 0 Å². The third kappa shape index (κ3) is 3.28. The smallest absolute Gasteiger partial charge is 0.335 e. The Morgan fingerprint density at radius 3 is 2.38 bits per heavy atom. The van der Waals surface area contributed by atoms with Gasteiger partial charge in [0.25, 0.3) is 5.91 Å². The van der Waals surface area contributed by atoms with E-state index in [4.69, 9.17) is 0 Å². The molecule has 0 saturated carbocycles. The maximum atomic E-state index is 12.0. The van der Waals surface area contributed by atoms with Crippen LogP contribution in [0, 0.1) is 6.92 Å². The van der Waals surface area contributed by atoms with Crippen LogP contribution in [-0.4, -0.2) is 23.5 Å². The molecule has 2 rings (SSSR count). The first-order chi connectivity index (χ1) is 10.0. The largest absolute Gasteiger partial charge is 0.478 e. The third-order valence-corrected chi connectivity index (χ3v) is 3.24. The van der Waals surface area contributed by atoms with Gasteiger partial charge in [-0.25, -0.2) is 4.79 Å². The minimum absolute atomic E-state index is 0.108. The Bertz CT molecular complexity index is 692. The van der Waals surface area contributed by atoms with E-state index in [1.165, 1.54) is 6.07 Å². The van der Waals surface area contributed by atoms with Crippen LogP contribution in [-0.2, 0) is 0 Å². The minimum atomic E-state index is -1.05. The fraction of sp³-hybridized carbons (Fsp3) is 0.176. The number of rotatable bonds is 4. The number of carboxylic acid groups (broad SMARTS) is 1. The summed E-state index contributed by atoms with van der Waals surface area (Å²) in [5.74, 6) is -1.31. The van der Waals surface area contributed by atoms with Crippen LogP contribution in [0.4, 0.5) is 0 Å². The zero-order valence-electron chi connectivity index (χ0n) is 12.0. The Morgan fingerprint density at radius 1 is 1.10 bits per heavy atom. The predicted octanol–water partition coefficient (Wildman–Crippen LogP) is 3.11. The topological polar surface area (TPSA) is 66.4 Å². The monoisotopic (exact) mass is 283 g/mol. The molecule has 0 spiro atoms. The van der Waals surface area contributed by atoms with Gasteiger partial charge in [-0.05, 0) is 48.7 Å². The highest BCUT2D eigenvalue weighted by Crippen LogP contribution is 2.25. The molecule has 2 N–H and O–H groups in total. The number of carbonyl (C=O) groups excluding carboxylic acids is 1. The van der Waals surface area contributed by atoms with Gasteiger partial charge in [-0.15, -0.1) is 0 Å². The van der Waals surface area contributed by atoms with E-state index < -0.39 is 5.97 Å². The first-order valence-electron chi connectivity index (χ1n) is 6.75. The fourth-order valence-corrected chi connectivity index (χ4v) is 2.20. The van der Waals surface area contributed by atoms with Gasteiger partial charge in [0.05, 0.1) is 5.56 Å². The van der Waals surface area contributed by atoms with Crippen LogP contribution in [0.3, 0.4) is 0 Å². The quantitative estimate of drug-likeness (QED) is 0.906. The summed E-state index contributed by atoms with van der Waals surface area (Å²) in [5.41, 5.74) is 3.15. The normalized spacial score (nSPS) is 10.2. The molecule has 2 aromatic carbocycles. The average Bonchev–Trinajstić information content (AvgIpc) is 2.47. The van der Waals surface area contributed by atoms with Crippen LogP contribution in [0.5, 0.6) is 0 Å². The molecule has 4 nitrogen and oxygen atoms in total. The Labute approximate surface area is 123 Å². The molecule has 2 aromatic rings. The molecule has 0 unspecified atom stereocenters. The van der Waals surface area contributed by atoms with Crippen LogP contribution in [0.15, 0.2) is 42.5 Å². The second-order valence-electron chi connectivity index (χ2n) is 4.78. The first kappa shape index (κ1) is 14.8. The van der Waals surface area contributed by atoms with Gasteiger partial charge < -0.3 is 10.4 Å². The molecule has 0 bridgehead atoms. The lowest BCUT2D eigenvalue weighted by atomic mass is 9.96. The highest BCUT2D eigenvalue weighted by molar-refractivity contribution is 5.99. The van der Waals surface area contributed by atoms with Gasteiger partial charge in [-0.1, -0.05) is 24.3 Å². The van der Waals surface area contributed by atoms with E-state index in [0.29, 0.717) is 12.1 Å². The van der Waals surface area contributed by atoms with Gasteiger partial charge >= 0.3 is 5.97 Å². The summed E-state index contributed by atoms with van der Waals surface area (Å²) in [6.07, 6.45) is 0. The maximum absolute atomic E-state index is 12.0. The molecular formula is C17H17NO3. The average molecular weight is 283 g/mol. The van der Waals surface area contributed by atoms with E-state index in [0.717, 1.165) is 16.7 Å². The van der Waals surface area contributed by atoms with Crippen LogP contribution >= 0.6 is 0 Å². The number of hydrogen-bond acceptors (Lipinski definition) is 2. The Balaban J connectivity index is 2.58. The molecule has 4 heteroatoms. The lowest BCUT2D eigenvalue weighted by molar-refractivity contribution is 0.0697. The van der Waals surface area contributed by atoms with Crippen LogP contribution in [0.25, 0.3) is 11.1 Å². The van der Waals surface area contributed by atoms with Crippen molar-refractivity contribution in [1.82, 2.24) is 5.32 Å². The van der Waals surface area contributed by atoms with Crippen molar-refractivity contribution in [3.8, 4) is 11.1 Å². The van der Waals surface area contributed by atoms with Gasteiger partial charge in [0.15, 0.2) is 0 Å². The van der Waals surface area contributed by atoms with Gasteiger partial charge in [0.2, 0.25) is 0 Å². The van der Waals surface area contributed by atoms with Crippen molar-refractivity contribution in [2.75, 3.05) is 6.54 Å². The zero-order chi connectivity index (χ0) is 15.4. The molecule has 1 amide bonds. The standard InChI is InChI=1S/C17H17NO3/c1-3-18-16(19)13-8-12(9-14(10-13)17(20)21)15-7-5-4-6-11(15)2/h4-10H,3H2,1-2H3,(H,18,19)(H,20,21). The molecule has 0 fully saturated rings. The molecule has 0 saturated heterocycles. The summed E-state index contributed by atoms with van der Waals surface area (Å²) < 4.78 is 0. The number of hydrogen-bond donors (Lipinski definition) is 2. The molecule has 108 valence electrons. The summed E-state index contributed by atoms with van der Waals surface area (Å²) >= 11 is 0. The number of aryl methyl sites for hydroxylation is 1. The first-order valence-corrected chi connectivity index (χ1v) is 6.75. The molecule has 0 heterocycles. The van der Waals surface area contributed by atoms with Crippen LogP contribution < -0.4 is 5.32 Å². The minimum Gasteiger partial charge on any atom is -0.478 e. The molecular weight excluding hydrogens is 266 g/mol. The van der Waals surface area contributed by atoms with E-state index in [-0.39, 0.29) is 11.5 Å². The number of benzene rings is 2. The molecule has 21 heavy (non-hydrogen) atoms. The van der Waals surface area contributed by atoms with Crippen LogP contribution in [0.2, 0.25) is 0 Å². The van der Waals surface area contributed by atoms with Gasteiger partial charge in [-0.3, -0.25) is 4.79 Å². The highest BCUT2D eigenvalue weighted by Gasteiger charge is 2.13.